The molecule has 5 atom stereocenters. The van der Waals surface area contributed by atoms with E-state index in [1.807, 2.05) is 0 Å². The minimum atomic E-state index is -0.673. The van der Waals surface area contributed by atoms with E-state index in [-0.39, 0.29) is 47.8 Å². The molecule has 132 valence electrons. The quantitative estimate of drug-likeness (QED) is 0.619. The maximum Gasteiger partial charge on any atom is 0.234 e. The van der Waals surface area contributed by atoms with Crippen molar-refractivity contribution in [2.24, 2.45) is 23.7 Å². The van der Waals surface area contributed by atoms with Crippen molar-refractivity contribution < 1.29 is 18.8 Å². The Bertz CT molecular complexity index is 748. The molecule has 1 saturated heterocycles. The van der Waals surface area contributed by atoms with Crippen LogP contribution in [0.3, 0.4) is 0 Å². The highest BCUT2D eigenvalue weighted by Crippen LogP contribution is 2.54. The number of fused-ring (bicyclic) bond motifs is 5. The van der Waals surface area contributed by atoms with Gasteiger partial charge in [-0.1, -0.05) is 12.2 Å². The summed E-state index contributed by atoms with van der Waals surface area (Å²) in [5, 5.41) is 0. The Balaban J connectivity index is 1.69. The maximum atomic E-state index is 13.1. The molecule has 5 unspecified atom stereocenters. The lowest BCUT2D eigenvalue weighted by molar-refractivity contribution is -0.145. The summed E-state index contributed by atoms with van der Waals surface area (Å²) >= 11 is 0. The number of amides is 3. The summed E-state index contributed by atoms with van der Waals surface area (Å²) in [4.78, 5) is 41.2. The number of hydrogen-bond donors (Lipinski definition) is 0. The molecule has 1 saturated carbocycles. The second kappa shape index (κ2) is 5.58. The summed E-state index contributed by atoms with van der Waals surface area (Å²) in [7, 11) is 3.33. The summed E-state index contributed by atoms with van der Waals surface area (Å²) in [6.45, 7) is 1.81. The van der Waals surface area contributed by atoms with E-state index in [4.69, 9.17) is 4.42 Å². The van der Waals surface area contributed by atoms with Gasteiger partial charge in [-0.2, -0.15) is 0 Å². The molecule has 3 aliphatic rings. The van der Waals surface area contributed by atoms with Crippen LogP contribution < -0.4 is 0 Å². The molecule has 2 fully saturated rings. The van der Waals surface area contributed by atoms with Crippen LogP contribution in [0.25, 0.3) is 0 Å². The van der Waals surface area contributed by atoms with Crippen molar-refractivity contribution in [1.82, 2.24) is 9.80 Å². The number of imide groups is 1. The molecule has 2 bridgehead atoms. The number of hydrogen-bond acceptors (Lipinski definition) is 4. The highest BCUT2D eigenvalue weighted by atomic mass is 16.3. The monoisotopic (exact) mass is 342 g/mol. The Kier molecular flexibility index (Phi) is 3.60. The van der Waals surface area contributed by atoms with Gasteiger partial charge in [0.1, 0.15) is 17.6 Å². The molecule has 1 aromatic heterocycles. The Morgan fingerprint density at radius 2 is 1.80 bits per heavy atom. The fourth-order valence-electron chi connectivity index (χ4n) is 4.53. The largest absolute Gasteiger partial charge is 0.464 e. The molecule has 3 amide bonds. The molecule has 1 aliphatic heterocycles. The van der Waals surface area contributed by atoms with Gasteiger partial charge in [-0.05, 0) is 37.3 Å². The highest BCUT2D eigenvalue weighted by Gasteiger charge is 2.60. The number of nitrogens with zero attached hydrogens (tertiary/aromatic N) is 2. The van der Waals surface area contributed by atoms with Crippen LogP contribution in [0, 0.1) is 30.6 Å². The van der Waals surface area contributed by atoms with Gasteiger partial charge >= 0.3 is 0 Å². The van der Waals surface area contributed by atoms with Crippen LogP contribution in [-0.4, -0.2) is 41.6 Å². The molecule has 0 spiro atoms. The first kappa shape index (κ1) is 16.1. The van der Waals surface area contributed by atoms with E-state index in [1.54, 1.807) is 33.2 Å². The molecule has 0 N–H and O–H groups in total. The lowest BCUT2D eigenvalue weighted by Gasteiger charge is -2.27. The SMILES string of the molecule is Cc1ccc(C(CC(=O)N(C)C)N2C(=O)C3C4C=CC(C4)C3C2=O)o1. The third kappa shape index (κ3) is 2.34. The van der Waals surface area contributed by atoms with E-state index in [0.717, 1.165) is 6.42 Å². The van der Waals surface area contributed by atoms with Gasteiger partial charge in [0.2, 0.25) is 17.7 Å². The van der Waals surface area contributed by atoms with Crippen molar-refractivity contribution in [2.45, 2.75) is 25.8 Å². The lowest BCUT2D eigenvalue weighted by Crippen LogP contribution is -2.39. The van der Waals surface area contributed by atoms with Crippen LogP contribution in [0.2, 0.25) is 0 Å². The number of likely N-dealkylation sites (tertiary alicyclic amines) is 1. The molecule has 2 aliphatic carbocycles. The van der Waals surface area contributed by atoms with Gasteiger partial charge in [0.05, 0.1) is 18.3 Å². The number of carbonyl (C=O) groups excluding carboxylic acids is 3. The fraction of sp³-hybridized carbons (Fsp3) is 0.526. The van der Waals surface area contributed by atoms with E-state index < -0.39 is 6.04 Å². The molecule has 6 nitrogen and oxygen atoms in total. The van der Waals surface area contributed by atoms with E-state index in [1.165, 1.54) is 9.80 Å². The highest BCUT2D eigenvalue weighted by molar-refractivity contribution is 6.07. The number of aryl methyl sites for hydroxylation is 1. The molecule has 4 rings (SSSR count). The molecule has 2 heterocycles. The van der Waals surface area contributed by atoms with Crippen LogP contribution in [-0.2, 0) is 14.4 Å². The van der Waals surface area contributed by atoms with Crippen LogP contribution in [0.1, 0.15) is 30.4 Å². The first-order valence-electron chi connectivity index (χ1n) is 8.70. The minimum absolute atomic E-state index is 0.0413. The van der Waals surface area contributed by atoms with Crippen molar-refractivity contribution in [3.05, 3.63) is 35.8 Å². The topological polar surface area (TPSA) is 70.8 Å². The molecular weight excluding hydrogens is 320 g/mol. The van der Waals surface area contributed by atoms with E-state index in [9.17, 15) is 14.4 Å². The average Bonchev–Trinajstić information content (AvgIpc) is 3.31. The minimum Gasteiger partial charge on any atom is -0.464 e. The van der Waals surface area contributed by atoms with Gasteiger partial charge in [-0.3, -0.25) is 19.3 Å². The summed E-state index contributed by atoms with van der Waals surface area (Å²) in [5.41, 5.74) is 0. The predicted octanol–water partition coefficient (Wildman–Crippen LogP) is 1.91. The van der Waals surface area contributed by atoms with E-state index in [0.29, 0.717) is 11.5 Å². The summed E-state index contributed by atoms with van der Waals surface area (Å²) < 4.78 is 5.69. The van der Waals surface area contributed by atoms with E-state index in [2.05, 4.69) is 12.2 Å². The van der Waals surface area contributed by atoms with Crippen LogP contribution >= 0.6 is 0 Å². The van der Waals surface area contributed by atoms with E-state index >= 15 is 0 Å². The van der Waals surface area contributed by atoms with Crippen LogP contribution in [0.4, 0.5) is 0 Å². The lowest BCUT2D eigenvalue weighted by atomic mass is 9.85. The first-order valence-corrected chi connectivity index (χ1v) is 8.70. The Morgan fingerprint density at radius 1 is 1.20 bits per heavy atom. The summed E-state index contributed by atoms with van der Waals surface area (Å²) in [6, 6.07) is 2.87. The molecular formula is C19H22N2O4. The smallest absolute Gasteiger partial charge is 0.234 e. The van der Waals surface area contributed by atoms with Crippen molar-refractivity contribution in [1.29, 1.82) is 0 Å². The number of rotatable bonds is 4. The maximum absolute atomic E-state index is 13.1. The second-order valence-corrected chi connectivity index (χ2v) is 7.50. The van der Waals surface area contributed by atoms with Gasteiger partial charge in [-0.25, -0.2) is 0 Å². The standard InChI is InChI=1S/C19H22N2O4/c1-10-4-7-14(25-10)13(9-15(22)20(2)3)21-18(23)16-11-5-6-12(8-11)17(16)19(21)24/h4-7,11-13,16-17H,8-9H2,1-3H3. The first-order chi connectivity index (χ1) is 11.9. The third-order valence-corrected chi connectivity index (χ3v) is 5.77. The summed E-state index contributed by atoms with van der Waals surface area (Å²) in [6.07, 6.45) is 5.07. The van der Waals surface area contributed by atoms with Gasteiger partial charge < -0.3 is 9.32 Å². The fourth-order valence-corrected chi connectivity index (χ4v) is 4.53. The molecule has 1 aromatic rings. The van der Waals surface area contributed by atoms with Crippen molar-refractivity contribution in [3.8, 4) is 0 Å². The zero-order valence-electron chi connectivity index (χ0n) is 14.6. The van der Waals surface area contributed by atoms with Crippen molar-refractivity contribution >= 4 is 17.7 Å². The van der Waals surface area contributed by atoms with Gasteiger partial charge in [0.15, 0.2) is 0 Å². The van der Waals surface area contributed by atoms with Crippen molar-refractivity contribution in [3.63, 3.8) is 0 Å². The third-order valence-electron chi connectivity index (χ3n) is 5.77. The van der Waals surface area contributed by atoms with Gasteiger partial charge in [-0.15, -0.1) is 0 Å². The number of furan rings is 1. The van der Waals surface area contributed by atoms with Gasteiger partial charge in [0.25, 0.3) is 0 Å². The second-order valence-electron chi connectivity index (χ2n) is 7.50. The van der Waals surface area contributed by atoms with Crippen LogP contribution in [0.15, 0.2) is 28.7 Å². The Morgan fingerprint density at radius 3 is 2.28 bits per heavy atom. The number of allylic oxidation sites excluding steroid dienone is 2. The normalized spacial score (nSPS) is 30.9. The molecule has 0 aromatic carbocycles. The Hall–Kier alpha value is -2.37. The molecule has 6 heteroatoms. The predicted molar refractivity (Wildman–Crippen MR) is 89.1 cm³/mol. The molecule has 25 heavy (non-hydrogen) atoms. The van der Waals surface area contributed by atoms with Crippen LogP contribution in [0.5, 0.6) is 0 Å². The number of carbonyl (C=O) groups is 3. The van der Waals surface area contributed by atoms with Crippen molar-refractivity contribution in [2.75, 3.05) is 14.1 Å². The Labute approximate surface area is 146 Å². The summed E-state index contributed by atoms with van der Waals surface area (Å²) in [5.74, 6) is 0.506. The zero-order valence-corrected chi connectivity index (χ0v) is 14.6. The zero-order chi connectivity index (χ0) is 17.9. The van der Waals surface area contributed by atoms with Gasteiger partial charge in [0, 0.05) is 14.1 Å². The molecule has 0 radical (unpaired) electrons. The average molecular weight is 342 g/mol.